The van der Waals surface area contributed by atoms with Crippen molar-refractivity contribution in [1.29, 1.82) is 0 Å². The molecule has 0 spiro atoms. The molecule has 3 nitrogen and oxygen atoms in total. The predicted octanol–water partition coefficient (Wildman–Crippen LogP) is 6.90. The molecule has 1 aromatic rings. The summed E-state index contributed by atoms with van der Waals surface area (Å²) in [6.45, 7) is 15.7. The van der Waals surface area contributed by atoms with Gasteiger partial charge in [-0.3, -0.25) is 4.79 Å². The van der Waals surface area contributed by atoms with Gasteiger partial charge in [-0.2, -0.15) is 0 Å². The second-order valence-corrected chi connectivity index (χ2v) is 11.3. The lowest BCUT2D eigenvalue weighted by Gasteiger charge is -2.41. The van der Waals surface area contributed by atoms with Crippen molar-refractivity contribution in [3.05, 3.63) is 36.1 Å². The molecule has 0 saturated carbocycles. The third-order valence-electron chi connectivity index (χ3n) is 5.86. The van der Waals surface area contributed by atoms with E-state index in [1.165, 1.54) is 6.42 Å². The van der Waals surface area contributed by atoms with E-state index in [9.17, 15) is 4.79 Å². The summed E-state index contributed by atoms with van der Waals surface area (Å²) in [5.41, 5.74) is 0.645. The Morgan fingerprint density at radius 3 is 2.34 bits per heavy atom. The Bertz CT molecular complexity index is 743. The SMILES string of the molecule is CC(C)(C)CC(C)(C)C1CC=C(OC(C)(C)C(=O)CNc2ccccc2S)CC1. The Hall–Kier alpha value is -1.42. The van der Waals surface area contributed by atoms with E-state index in [2.05, 4.69) is 58.6 Å². The zero-order valence-corrected chi connectivity index (χ0v) is 20.2. The standard InChI is InChI=1S/C25H39NO2S/c1-23(2,3)17-24(4,5)18-12-14-19(15-13-18)28-25(6,7)22(27)16-26-20-10-8-9-11-21(20)29/h8-11,14,18,26,29H,12-13,15-17H2,1-7H3. The van der Waals surface area contributed by atoms with Crippen LogP contribution in [-0.4, -0.2) is 17.9 Å². The van der Waals surface area contributed by atoms with E-state index in [4.69, 9.17) is 4.74 Å². The molecule has 2 rings (SSSR count). The second-order valence-electron chi connectivity index (χ2n) is 10.8. The number of para-hydroxylation sites is 1. The first-order valence-corrected chi connectivity index (χ1v) is 11.2. The number of thiol groups is 1. The van der Waals surface area contributed by atoms with Gasteiger partial charge in [-0.05, 0) is 68.1 Å². The molecule has 0 bridgehead atoms. The van der Waals surface area contributed by atoms with Gasteiger partial charge < -0.3 is 10.1 Å². The average molecular weight is 418 g/mol. The van der Waals surface area contributed by atoms with Gasteiger partial charge in [0.05, 0.1) is 12.3 Å². The monoisotopic (exact) mass is 417 g/mol. The van der Waals surface area contributed by atoms with Crippen LogP contribution in [0.25, 0.3) is 0 Å². The molecule has 0 fully saturated rings. The van der Waals surface area contributed by atoms with Gasteiger partial charge >= 0.3 is 0 Å². The van der Waals surface area contributed by atoms with Crippen LogP contribution in [0.3, 0.4) is 0 Å². The van der Waals surface area contributed by atoms with Crippen LogP contribution in [0.15, 0.2) is 41.0 Å². The fourth-order valence-electron chi connectivity index (χ4n) is 4.52. The Labute approximate surface area is 183 Å². The molecule has 1 unspecified atom stereocenters. The summed E-state index contributed by atoms with van der Waals surface area (Å²) in [5.74, 6) is 1.65. The maximum Gasteiger partial charge on any atom is 0.194 e. The molecule has 29 heavy (non-hydrogen) atoms. The minimum absolute atomic E-state index is 0.0326. The number of ketones is 1. The smallest absolute Gasteiger partial charge is 0.194 e. The third kappa shape index (κ3) is 7.09. The molecule has 1 N–H and O–H groups in total. The number of Topliss-reactive ketones (excluding diaryl/α,β-unsaturated/α-hetero) is 1. The van der Waals surface area contributed by atoms with Crippen LogP contribution in [0, 0.1) is 16.7 Å². The molecule has 0 saturated heterocycles. The van der Waals surface area contributed by atoms with Gasteiger partial charge in [0, 0.05) is 17.0 Å². The molecule has 1 atom stereocenters. The van der Waals surface area contributed by atoms with Crippen molar-refractivity contribution in [2.45, 2.75) is 84.6 Å². The number of nitrogens with one attached hydrogen (secondary N) is 1. The molecular weight excluding hydrogens is 378 g/mol. The average Bonchev–Trinajstić information content (AvgIpc) is 2.59. The Kier molecular flexibility index (Phi) is 7.53. The number of carbonyl (C=O) groups is 1. The molecule has 0 amide bonds. The van der Waals surface area contributed by atoms with E-state index in [1.807, 2.05) is 38.1 Å². The largest absolute Gasteiger partial charge is 0.485 e. The highest BCUT2D eigenvalue weighted by molar-refractivity contribution is 7.80. The number of benzene rings is 1. The first-order valence-electron chi connectivity index (χ1n) is 10.7. The Morgan fingerprint density at radius 2 is 1.79 bits per heavy atom. The summed E-state index contributed by atoms with van der Waals surface area (Å²) in [4.78, 5) is 13.6. The van der Waals surface area contributed by atoms with E-state index in [1.54, 1.807) is 0 Å². The predicted molar refractivity (Wildman–Crippen MR) is 126 cm³/mol. The number of allylic oxidation sites excluding steroid dienone is 2. The summed E-state index contributed by atoms with van der Waals surface area (Å²) in [7, 11) is 0. The molecule has 1 aliphatic carbocycles. The van der Waals surface area contributed by atoms with Crippen LogP contribution in [0.1, 0.15) is 74.1 Å². The highest BCUT2D eigenvalue weighted by Crippen LogP contribution is 2.45. The molecule has 4 heteroatoms. The maximum absolute atomic E-state index is 12.8. The molecule has 0 radical (unpaired) electrons. The van der Waals surface area contributed by atoms with Crippen LogP contribution in [0.4, 0.5) is 5.69 Å². The summed E-state index contributed by atoms with van der Waals surface area (Å²) >= 11 is 4.42. The van der Waals surface area contributed by atoms with Crippen LogP contribution in [-0.2, 0) is 9.53 Å². The topological polar surface area (TPSA) is 38.3 Å². The number of rotatable bonds is 8. The van der Waals surface area contributed by atoms with E-state index < -0.39 is 5.60 Å². The van der Waals surface area contributed by atoms with E-state index in [-0.39, 0.29) is 12.3 Å². The van der Waals surface area contributed by atoms with Gasteiger partial charge in [-0.15, -0.1) is 12.6 Å². The molecule has 162 valence electrons. The number of hydrogen-bond acceptors (Lipinski definition) is 4. The van der Waals surface area contributed by atoms with Crippen molar-refractivity contribution >= 4 is 24.1 Å². The molecule has 0 aromatic heterocycles. The fraction of sp³-hybridized carbons (Fsp3) is 0.640. The van der Waals surface area contributed by atoms with Gasteiger partial charge in [-0.25, -0.2) is 0 Å². The zero-order valence-electron chi connectivity index (χ0n) is 19.3. The quantitative estimate of drug-likeness (QED) is 0.452. The van der Waals surface area contributed by atoms with Crippen molar-refractivity contribution in [3.8, 4) is 0 Å². The summed E-state index contributed by atoms with van der Waals surface area (Å²) in [5, 5.41) is 3.18. The number of ether oxygens (including phenoxy) is 1. The lowest BCUT2D eigenvalue weighted by molar-refractivity contribution is -0.134. The minimum Gasteiger partial charge on any atom is -0.485 e. The van der Waals surface area contributed by atoms with Crippen LogP contribution < -0.4 is 5.32 Å². The van der Waals surface area contributed by atoms with Crippen molar-refractivity contribution in [2.24, 2.45) is 16.7 Å². The molecular formula is C25H39NO2S. The van der Waals surface area contributed by atoms with Crippen molar-refractivity contribution in [2.75, 3.05) is 11.9 Å². The van der Waals surface area contributed by atoms with Gasteiger partial charge in [-0.1, -0.05) is 46.8 Å². The highest BCUT2D eigenvalue weighted by atomic mass is 32.1. The lowest BCUT2D eigenvalue weighted by atomic mass is 9.65. The van der Waals surface area contributed by atoms with Crippen LogP contribution >= 0.6 is 12.6 Å². The number of carbonyl (C=O) groups excluding carboxylic acids is 1. The van der Waals surface area contributed by atoms with Crippen LogP contribution in [0.5, 0.6) is 0 Å². The molecule has 1 aromatic carbocycles. The van der Waals surface area contributed by atoms with E-state index in [0.29, 0.717) is 16.7 Å². The van der Waals surface area contributed by atoms with Gasteiger partial charge in [0.25, 0.3) is 0 Å². The minimum atomic E-state index is -0.849. The molecule has 0 heterocycles. The molecule has 1 aliphatic rings. The number of hydrogen-bond donors (Lipinski definition) is 2. The van der Waals surface area contributed by atoms with Crippen molar-refractivity contribution in [1.82, 2.24) is 0 Å². The number of anilines is 1. The summed E-state index contributed by atoms with van der Waals surface area (Å²) in [6, 6.07) is 7.68. The third-order valence-corrected chi connectivity index (χ3v) is 6.25. The lowest BCUT2D eigenvalue weighted by Crippen LogP contribution is -2.39. The van der Waals surface area contributed by atoms with Gasteiger partial charge in [0.15, 0.2) is 11.4 Å². The normalized spacial score (nSPS) is 18.2. The van der Waals surface area contributed by atoms with Crippen LogP contribution in [0.2, 0.25) is 0 Å². The van der Waals surface area contributed by atoms with Crippen molar-refractivity contribution in [3.63, 3.8) is 0 Å². The highest BCUT2D eigenvalue weighted by Gasteiger charge is 2.36. The molecule has 0 aliphatic heterocycles. The first kappa shape index (κ1) is 23.9. The van der Waals surface area contributed by atoms with Gasteiger partial charge in [0.1, 0.15) is 0 Å². The first-order chi connectivity index (χ1) is 13.3. The summed E-state index contributed by atoms with van der Waals surface area (Å²) < 4.78 is 6.17. The van der Waals surface area contributed by atoms with Crippen molar-refractivity contribution < 1.29 is 9.53 Å². The van der Waals surface area contributed by atoms with Gasteiger partial charge in [0.2, 0.25) is 0 Å². The fourth-order valence-corrected chi connectivity index (χ4v) is 4.76. The Morgan fingerprint density at radius 1 is 1.14 bits per heavy atom. The summed E-state index contributed by atoms with van der Waals surface area (Å²) in [6.07, 6.45) is 6.46. The Balaban J connectivity index is 1.92. The zero-order chi connectivity index (χ0) is 21.9. The van der Waals surface area contributed by atoms with E-state index in [0.717, 1.165) is 35.6 Å². The second kappa shape index (κ2) is 9.16. The van der Waals surface area contributed by atoms with E-state index >= 15 is 0 Å². The maximum atomic E-state index is 12.8.